The molecule has 1 aromatic heterocycles. The monoisotopic (exact) mass is 415 g/mol. The van der Waals surface area contributed by atoms with Crippen LogP contribution in [0.5, 0.6) is 0 Å². The first-order chi connectivity index (χ1) is 14.1. The lowest BCUT2D eigenvalue weighted by molar-refractivity contribution is -0.113. The van der Waals surface area contributed by atoms with Gasteiger partial charge in [-0.15, -0.1) is 0 Å². The Morgan fingerprint density at radius 3 is 2.76 bits per heavy atom. The summed E-state index contributed by atoms with van der Waals surface area (Å²) in [5, 5.41) is 12.6. The van der Waals surface area contributed by atoms with Gasteiger partial charge >= 0.3 is 5.69 Å². The van der Waals surface area contributed by atoms with E-state index in [9.17, 15) is 9.59 Å². The molecule has 29 heavy (non-hydrogen) atoms. The molecule has 3 rings (SSSR count). The molecule has 0 spiro atoms. The number of rotatable bonds is 10. The standard InChI is InChI=1S/C22H29N3O3S/c1-2-3-6-16-9-11-17(12-10-16)23-20(27)15-29-21-18-7-4-8-19(18)25(13-5-14-26)22(28)24-21/h9-12,26H,2-8,13-15H2,1H3,(H,23,27). The third kappa shape index (κ3) is 5.70. The van der Waals surface area contributed by atoms with E-state index in [0.717, 1.165) is 42.6 Å². The Balaban J connectivity index is 1.61. The van der Waals surface area contributed by atoms with Gasteiger partial charge in [0.05, 0.1) is 5.75 Å². The second kappa shape index (κ2) is 10.6. The fraction of sp³-hybridized carbons (Fsp3) is 0.500. The van der Waals surface area contributed by atoms with Crippen LogP contribution in [-0.2, 0) is 30.6 Å². The Morgan fingerprint density at radius 2 is 2.03 bits per heavy atom. The Kier molecular flexibility index (Phi) is 7.89. The number of hydrogen-bond acceptors (Lipinski definition) is 5. The maximum atomic E-state index is 12.4. The molecule has 0 fully saturated rings. The number of aliphatic hydroxyl groups is 1. The zero-order chi connectivity index (χ0) is 20.6. The quantitative estimate of drug-likeness (QED) is 0.460. The largest absolute Gasteiger partial charge is 0.396 e. The summed E-state index contributed by atoms with van der Waals surface area (Å²) in [6.45, 7) is 2.72. The number of thioether (sulfide) groups is 1. The fourth-order valence-corrected chi connectivity index (χ4v) is 4.51. The Hall–Kier alpha value is -2.12. The SMILES string of the molecule is CCCCc1ccc(NC(=O)CSc2nc(=O)n(CCCO)c3c2CCC3)cc1. The molecular weight excluding hydrogens is 386 g/mol. The third-order valence-electron chi connectivity index (χ3n) is 5.14. The summed E-state index contributed by atoms with van der Waals surface area (Å²) in [6.07, 6.45) is 6.65. The topological polar surface area (TPSA) is 84.2 Å². The number of amides is 1. The second-order valence-electron chi connectivity index (χ2n) is 7.34. The van der Waals surface area contributed by atoms with Crippen molar-refractivity contribution in [3.05, 3.63) is 51.6 Å². The summed E-state index contributed by atoms with van der Waals surface area (Å²) in [4.78, 5) is 29.0. The van der Waals surface area contributed by atoms with Crippen LogP contribution in [-0.4, -0.2) is 32.9 Å². The van der Waals surface area contributed by atoms with E-state index in [4.69, 9.17) is 5.11 Å². The summed E-state index contributed by atoms with van der Waals surface area (Å²) >= 11 is 1.33. The van der Waals surface area contributed by atoms with E-state index in [1.807, 2.05) is 12.1 Å². The van der Waals surface area contributed by atoms with Crippen LogP contribution in [0.3, 0.4) is 0 Å². The molecule has 156 valence electrons. The molecule has 1 aliphatic carbocycles. The Bertz CT molecular complexity index is 893. The molecule has 2 N–H and O–H groups in total. The number of carbonyl (C=O) groups is 1. The number of nitrogens with one attached hydrogen (secondary N) is 1. The molecule has 0 saturated carbocycles. The average Bonchev–Trinajstić information content (AvgIpc) is 3.21. The lowest BCUT2D eigenvalue weighted by Gasteiger charge is -2.13. The van der Waals surface area contributed by atoms with Crippen LogP contribution in [0.4, 0.5) is 5.69 Å². The molecule has 0 aliphatic heterocycles. The zero-order valence-corrected chi connectivity index (χ0v) is 17.8. The van der Waals surface area contributed by atoms with Gasteiger partial charge in [0.1, 0.15) is 5.03 Å². The molecule has 7 heteroatoms. The molecular formula is C22H29N3O3S. The van der Waals surface area contributed by atoms with Crippen molar-refractivity contribution in [1.29, 1.82) is 0 Å². The summed E-state index contributed by atoms with van der Waals surface area (Å²) in [5.74, 6) is 0.117. The van der Waals surface area contributed by atoms with Crippen LogP contribution in [0.2, 0.25) is 0 Å². The molecule has 2 aromatic rings. The van der Waals surface area contributed by atoms with E-state index < -0.39 is 0 Å². The number of unbranched alkanes of at least 4 members (excludes halogenated alkanes) is 1. The van der Waals surface area contributed by atoms with Crippen LogP contribution < -0.4 is 11.0 Å². The minimum Gasteiger partial charge on any atom is -0.396 e. The maximum absolute atomic E-state index is 12.4. The van der Waals surface area contributed by atoms with Crippen molar-refractivity contribution in [3.8, 4) is 0 Å². The van der Waals surface area contributed by atoms with Gasteiger partial charge in [-0.25, -0.2) is 4.79 Å². The van der Waals surface area contributed by atoms with Gasteiger partial charge in [0, 0.05) is 30.1 Å². The predicted molar refractivity (Wildman–Crippen MR) is 117 cm³/mol. The van der Waals surface area contributed by atoms with Gasteiger partial charge in [-0.3, -0.25) is 9.36 Å². The Morgan fingerprint density at radius 1 is 1.24 bits per heavy atom. The van der Waals surface area contributed by atoms with Crippen molar-refractivity contribution in [3.63, 3.8) is 0 Å². The molecule has 0 saturated heterocycles. The summed E-state index contributed by atoms with van der Waals surface area (Å²) in [6, 6.07) is 7.98. The van der Waals surface area contributed by atoms with Crippen molar-refractivity contribution in [1.82, 2.24) is 9.55 Å². The van der Waals surface area contributed by atoms with Gasteiger partial charge < -0.3 is 10.4 Å². The smallest absolute Gasteiger partial charge is 0.348 e. The van der Waals surface area contributed by atoms with Crippen molar-refractivity contribution < 1.29 is 9.90 Å². The van der Waals surface area contributed by atoms with Gasteiger partial charge in [-0.05, 0) is 56.2 Å². The van der Waals surface area contributed by atoms with Gasteiger partial charge in [-0.1, -0.05) is 37.2 Å². The number of carbonyl (C=O) groups excluding carboxylic acids is 1. The molecule has 1 amide bonds. The minimum absolute atomic E-state index is 0.0530. The predicted octanol–water partition coefficient (Wildman–Crippen LogP) is 3.19. The number of benzene rings is 1. The van der Waals surface area contributed by atoms with E-state index in [1.54, 1.807) is 4.57 Å². The number of anilines is 1. The number of aryl methyl sites for hydroxylation is 1. The van der Waals surface area contributed by atoms with Gasteiger partial charge in [0.2, 0.25) is 5.91 Å². The molecule has 0 unspecified atom stereocenters. The van der Waals surface area contributed by atoms with Gasteiger partial charge in [0.25, 0.3) is 0 Å². The van der Waals surface area contributed by atoms with Crippen molar-refractivity contribution in [2.75, 3.05) is 17.7 Å². The van der Waals surface area contributed by atoms with Crippen LogP contribution in [0.1, 0.15) is 49.4 Å². The summed E-state index contributed by atoms with van der Waals surface area (Å²) in [7, 11) is 0. The van der Waals surface area contributed by atoms with Crippen molar-refractivity contribution in [2.45, 2.75) is 63.4 Å². The highest BCUT2D eigenvalue weighted by Crippen LogP contribution is 2.29. The maximum Gasteiger partial charge on any atom is 0.348 e. The first kappa shape index (κ1) is 21.6. The molecule has 0 atom stereocenters. The van der Waals surface area contributed by atoms with E-state index in [0.29, 0.717) is 18.0 Å². The number of aliphatic hydroxyl groups excluding tert-OH is 1. The van der Waals surface area contributed by atoms with Gasteiger partial charge in [0.15, 0.2) is 0 Å². The highest BCUT2D eigenvalue weighted by atomic mass is 32.2. The van der Waals surface area contributed by atoms with Crippen LogP contribution in [0.25, 0.3) is 0 Å². The lowest BCUT2D eigenvalue weighted by Crippen LogP contribution is -2.28. The lowest BCUT2D eigenvalue weighted by atomic mass is 10.1. The molecule has 6 nitrogen and oxygen atoms in total. The molecule has 0 radical (unpaired) electrons. The van der Waals surface area contributed by atoms with E-state index in [2.05, 4.69) is 29.4 Å². The van der Waals surface area contributed by atoms with E-state index >= 15 is 0 Å². The van der Waals surface area contributed by atoms with Crippen LogP contribution >= 0.6 is 11.8 Å². The highest BCUT2D eigenvalue weighted by Gasteiger charge is 2.22. The molecule has 1 heterocycles. The number of nitrogens with zero attached hydrogens (tertiary/aromatic N) is 2. The average molecular weight is 416 g/mol. The first-order valence-corrected chi connectivity index (χ1v) is 11.4. The first-order valence-electron chi connectivity index (χ1n) is 10.4. The Labute approximate surface area is 175 Å². The second-order valence-corrected chi connectivity index (χ2v) is 8.31. The third-order valence-corrected chi connectivity index (χ3v) is 6.15. The molecule has 0 bridgehead atoms. The number of aromatic nitrogens is 2. The zero-order valence-electron chi connectivity index (χ0n) is 16.9. The van der Waals surface area contributed by atoms with Crippen LogP contribution in [0.15, 0.2) is 34.1 Å². The van der Waals surface area contributed by atoms with Gasteiger partial charge in [-0.2, -0.15) is 4.98 Å². The minimum atomic E-state index is -0.287. The van der Waals surface area contributed by atoms with E-state index in [-0.39, 0.29) is 24.0 Å². The fourth-order valence-electron chi connectivity index (χ4n) is 3.63. The van der Waals surface area contributed by atoms with Crippen molar-refractivity contribution in [2.24, 2.45) is 0 Å². The molecule has 1 aromatic carbocycles. The highest BCUT2D eigenvalue weighted by molar-refractivity contribution is 8.00. The molecule has 1 aliphatic rings. The summed E-state index contributed by atoms with van der Waals surface area (Å²) < 4.78 is 1.68. The van der Waals surface area contributed by atoms with Crippen molar-refractivity contribution >= 4 is 23.4 Å². The van der Waals surface area contributed by atoms with E-state index in [1.165, 1.54) is 30.2 Å². The number of hydrogen-bond donors (Lipinski definition) is 2. The number of fused-ring (bicyclic) bond motifs is 1. The van der Waals surface area contributed by atoms with Crippen LogP contribution in [0, 0.1) is 0 Å². The normalized spacial score (nSPS) is 12.8. The summed E-state index contributed by atoms with van der Waals surface area (Å²) in [5.41, 5.74) is 3.88.